The average molecular weight is 279 g/mol. The Kier molecular flexibility index (Phi) is 4.55. The van der Waals surface area contributed by atoms with E-state index in [1.807, 2.05) is 56.3 Å². The molecule has 21 heavy (non-hydrogen) atoms. The first-order valence-electron chi connectivity index (χ1n) is 6.92. The molecule has 0 radical (unpaired) electrons. The van der Waals surface area contributed by atoms with Gasteiger partial charge in [0, 0.05) is 23.5 Å². The van der Waals surface area contributed by atoms with Gasteiger partial charge in [0.1, 0.15) is 0 Å². The van der Waals surface area contributed by atoms with E-state index >= 15 is 0 Å². The minimum atomic E-state index is 0.420. The van der Waals surface area contributed by atoms with Gasteiger partial charge in [-0.2, -0.15) is 0 Å². The zero-order valence-corrected chi connectivity index (χ0v) is 12.6. The molecule has 0 spiro atoms. The highest BCUT2D eigenvalue weighted by Crippen LogP contribution is 2.30. The molecule has 0 bridgehead atoms. The molecule has 0 atom stereocenters. The van der Waals surface area contributed by atoms with E-state index in [2.05, 4.69) is 6.58 Å². The molecule has 4 N–H and O–H groups in total. The Hall–Kier alpha value is -2.39. The Morgan fingerprint density at radius 3 is 2.43 bits per heavy atom. The van der Waals surface area contributed by atoms with Crippen LogP contribution in [0.15, 0.2) is 54.0 Å². The van der Waals surface area contributed by atoms with Gasteiger partial charge in [0.2, 0.25) is 0 Å². The van der Waals surface area contributed by atoms with Gasteiger partial charge in [0.25, 0.3) is 0 Å². The van der Waals surface area contributed by atoms with E-state index in [-0.39, 0.29) is 0 Å². The lowest BCUT2D eigenvalue weighted by molar-refractivity contribution is 1.06. The molecule has 2 aromatic rings. The van der Waals surface area contributed by atoms with Crippen molar-refractivity contribution >= 4 is 17.1 Å². The summed E-state index contributed by atoms with van der Waals surface area (Å²) >= 11 is 0. The Morgan fingerprint density at radius 1 is 1.19 bits per heavy atom. The number of nitrogens with zero attached hydrogens (tertiary/aromatic N) is 1. The quantitative estimate of drug-likeness (QED) is 0.841. The zero-order valence-electron chi connectivity index (χ0n) is 12.6. The molecule has 0 heterocycles. The molecule has 0 saturated heterocycles. The molecule has 2 aromatic carbocycles. The van der Waals surface area contributed by atoms with Gasteiger partial charge in [-0.1, -0.05) is 43.0 Å². The fourth-order valence-corrected chi connectivity index (χ4v) is 2.30. The van der Waals surface area contributed by atoms with Crippen molar-refractivity contribution in [1.82, 2.24) is 0 Å². The predicted molar refractivity (Wildman–Crippen MR) is 90.6 cm³/mol. The average Bonchev–Trinajstić information content (AvgIpc) is 2.49. The van der Waals surface area contributed by atoms with Crippen LogP contribution < -0.4 is 11.5 Å². The minimum Gasteiger partial charge on any atom is -0.399 e. The van der Waals surface area contributed by atoms with E-state index in [1.165, 1.54) is 0 Å². The van der Waals surface area contributed by atoms with Crippen LogP contribution >= 0.6 is 0 Å². The van der Waals surface area contributed by atoms with E-state index in [4.69, 9.17) is 16.5 Å². The van der Waals surface area contributed by atoms with Crippen LogP contribution in [-0.4, -0.2) is 5.71 Å². The molecule has 0 aliphatic heterocycles. The molecule has 3 heteroatoms. The van der Waals surface area contributed by atoms with Gasteiger partial charge in [-0.15, -0.1) is 0 Å². The van der Waals surface area contributed by atoms with Crippen LogP contribution in [0.5, 0.6) is 0 Å². The monoisotopic (exact) mass is 279 g/mol. The Morgan fingerprint density at radius 2 is 1.86 bits per heavy atom. The van der Waals surface area contributed by atoms with Crippen LogP contribution in [0.3, 0.4) is 0 Å². The zero-order chi connectivity index (χ0) is 15.4. The summed E-state index contributed by atoms with van der Waals surface area (Å²) in [5.41, 5.74) is 18.0. The summed E-state index contributed by atoms with van der Waals surface area (Å²) in [6, 6.07) is 14.1. The first-order valence-corrected chi connectivity index (χ1v) is 6.92. The topological polar surface area (TPSA) is 64.4 Å². The Labute approximate surface area is 126 Å². The van der Waals surface area contributed by atoms with Crippen molar-refractivity contribution in [2.75, 3.05) is 0 Å². The summed E-state index contributed by atoms with van der Waals surface area (Å²) in [5, 5.41) is 0. The maximum Gasteiger partial charge on any atom is 0.0770 e. The van der Waals surface area contributed by atoms with Crippen LogP contribution in [-0.2, 0) is 6.54 Å². The summed E-state index contributed by atoms with van der Waals surface area (Å²) in [5.74, 6) is 0. The van der Waals surface area contributed by atoms with E-state index in [1.54, 1.807) is 0 Å². The van der Waals surface area contributed by atoms with Crippen molar-refractivity contribution < 1.29 is 0 Å². The van der Waals surface area contributed by atoms with E-state index in [9.17, 15) is 0 Å². The van der Waals surface area contributed by atoms with E-state index in [0.29, 0.717) is 12.2 Å². The van der Waals surface area contributed by atoms with Crippen LogP contribution in [0, 0.1) is 6.92 Å². The first kappa shape index (κ1) is 15.0. The number of benzene rings is 2. The summed E-state index contributed by atoms with van der Waals surface area (Å²) in [4.78, 5) is 4.76. The SMILES string of the molecule is C=C(N)c1cc(C)cc(CN)c1N=C(C)c1ccccc1. The largest absolute Gasteiger partial charge is 0.399 e. The van der Waals surface area contributed by atoms with Gasteiger partial charge in [0.05, 0.1) is 5.69 Å². The third-order valence-electron chi connectivity index (χ3n) is 3.37. The van der Waals surface area contributed by atoms with Crippen molar-refractivity contribution in [2.24, 2.45) is 16.5 Å². The highest BCUT2D eigenvalue weighted by Gasteiger charge is 2.10. The highest BCUT2D eigenvalue weighted by atomic mass is 14.8. The Balaban J connectivity index is 2.60. The third-order valence-corrected chi connectivity index (χ3v) is 3.37. The first-order chi connectivity index (χ1) is 10.0. The van der Waals surface area contributed by atoms with Crippen LogP contribution in [0.4, 0.5) is 5.69 Å². The van der Waals surface area contributed by atoms with Gasteiger partial charge in [-0.25, -0.2) is 0 Å². The van der Waals surface area contributed by atoms with Crippen LogP contribution in [0.1, 0.15) is 29.2 Å². The highest BCUT2D eigenvalue weighted by molar-refractivity contribution is 6.01. The molecule has 3 nitrogen and oxygen atoms in total. The summed E-state index contributed by atoms with van der Waals surface area (Å²) in [6.45, 7) is 8.27. The van der Waals surface area contributed by atoms with Crippen LogP contribution in [0.2, 0.25) is 0 Å². The number of hydrogen-bond donors (Lipinski definition) is 2. The Bertz CT molecular complexity index is 685. The van der Waals surface area contributed by atoms with Gasteiger partial charge < -0.3 is 11.5 Å². The number of rotatable bonds is 4. The number of hydrogen-bond acceptors (Lipinski definition) is 3. The third kappa shape index (κ3) is 3.38. The second kappa shape index (κ2) is 6.37. The molecule has 2 rings (SSSR count). The molecule has 0 aromatic heterocycles. The lowest BCUT2D eigenvalue weighted by Crippen LogP contribution is -2.04. The summed E-state index contributed by atoms with van der Waals surface area (Å²) < 4.78 is 0. The fraction of sp³-hybridized carbons (Fsp3) is 0.167. The van der Waals surface area contributed by atoms with Gasteiger partial charge in [0.15, 0.2) is 0 Å². The molecule has 0 saturated carbocycles. The second-order valence-corrected chi connectivity index (χ2v) is 5.11. The van der Waals surface area contributed by atoms with Crippen molar-refractivity contribution in [1.29, 1.82) is 0 Å². The van der Waals surface area contributed by atoms with Crippen molar-refractivity contribution in [3.8, 4) is 0 Å². The molecule has 0 amide bonds. The molecule has 0 aliphatic rings. The predicted octanol–water partition coefficient (Wildman–Crippen LogP) is 3.52. The standard InChI is InChI=1S/C18H21N3/c1-12-9-16(11-19)18(17(10-12)13(2)20)21-14(3)15-7-5-4-6-8-15/h4-10H,2,11,19-20H2,1,3H3. The summed E-state index contributed by atoms with van der Waals surface area (Å²) in [6.07, 6.45) is 0. The maximum atomic E-state index is 5.92. The fourth-order valence-electron chi connectivity index (χ4n) is 2.30. The van der Waals surface area contributed by atoms with Crippen LogP contribution in [0.25, 0.3) is 5.70 Å². The summed E-state index contributed by atoms with van der Waals surface area (Å²) in [7, 11) is 0. The van der Waals surface area contributed by atoms with Gasteiger partial charge >= 0.3 is 0 Å². The molecule has 0 fully saturated rings. The maximum absolute atomic E-state index is 5.92. The van der Waals surface area contributed by atoms with Crippen molar-refractivity contribution in [3.05, 3.63) is 71.3 Å². The molecule has 0 unspecified atom stereocenters. The van der Waals surface area contributed by atoms with E-state index in [0.717, 1.165) is 33.7 Å². The lowest BCUT2D eigenvalue weighted by atomic mass is 10.0. The smallest absolute Gasteiger partial charge is 0.0770 e. The van der Waals surface area contributed by atoms with Crippen molar-refractivity contribution in [3.63, 3.8) is 0 Å². The molecule has 0 aliphatic carbocycles. The van der Waals surface area contributed by atoms with E-state index < -0.39 is 0 Å². The normalized spacial score (nSPS) is 11.5. The minimum absolute atomic E-state index is 0.420. The number of aryl methyl sites for hydroxylation is 1. The van der Waals surface area contributed by atoms with Gasteiger partial charge in [-0.3, -0.25) is 4.99 Å². The number of aliphatic imine (C=N–C) groups is 1. The number of nitrogens with two attached hydrogens (primary N) is 2. The molecule has 108 valence electrons. The van der Waals surface area contributed by atoms with Crippen molar-refractivity contribution in [2.45, 2.75) is 20.4 Å². The molecular formula is C18H21N3. The second-order valence-electron chi connectivity index (χ2n) is 5.11. The lowest BCUT2D eigenvalue weighted by Gasteiger charge is -2.13. The molecular weight excluding hydrogens is 258 g/mol. The van der Waals surface area contributed by atoms with Gasteiger partial charge in [-0.05, 0) is 36.6 Å².